The molecule has 1 amide bonds. The highest BCUT2D eigenvalue weighted by Crippen LogP contribution is 2.29. The number of carboxylic acids is 1. The molecular formula is C16H23NO4. The molecule has 0 aromatic heterocycles. The van der Waals surface area contributed by atoms with Crippen LogP contribution in [0, 0.1) is 6.92 Å². The first-order chi connectivity index (χ1) is 9.48. The maximum absolute atomic E-state index is 12.2. The first-order valence-electron chi connectivity index (χ1n) is 6.76. The van der Waals surface area contributed by atoms with Gasteiger partial charge in [0.05, 0.1) is 0 Å². The van der Waals surface area contributed by atoms with Crippen molar-refractivity contribution in [2.45, 2.75) is 45.8 Å². The summed E-state index contributed by atoms with van der Waals surface area (Å²) in [7, 11) is 1.43. The van der Waals surface area contributed by atoms with Crippen LogP contribution in [-0.2, 0) is 15.1 Å². The molecule has 0 aliphatic carbocycles. The van der Waals surface area contributed by atoms with E-state index in [1.54, 1.807) is 32.9 Å². The fourth-order valence-electron chi connectivity index (χ4n) is 1.85. The fourth-order valence-corrected chi connectivity index (χ4v) is 1.85. The lowest BCUT2D eigenvalue weighted by atomic mass is 9.90. The van der Waals surface area contributed by atoms with Gasteiger partial charge < -0.3 is 9.84 Å². The third-order valence-electron chi connectivity index (χ3n) is 3.37. The van der Waals surface area contributed by atoms with Crippen molar-refractivity contribution in [1.82, 2.24) is 4.90 Å². The Bertz CT molecular complexity index is 530. The van der Waals surface area contributed by atoms with Crippen LogP contribution in [-0.4, -0.2) is 34.7 Å². The molecule has 0 saturated heterocycles. The highest BCUT2D eigenvalue weighted by Gasteiger charge is 2.43. The second kappa shape index (κ2) is 5.76. The van der Waals surface area contributed by atoms with E-state index in [2.05, 4.69) is 0 Å². The van der Waals surface area contributed by atoms with Crippen LogP contribution in [0.15, 0.2) is 24.3 Å². The molecule has 0 radical (unpaired) electrons. The van der Waals surface area contributed by atoms with Crippen LogP contribution in [0.5, 0.6) is 0 Å². The Kier molecular flexibility index (Phi) is 4.66. The van der Waals surface area contributed by atoms with Crippen LogP contribution >= 0.6 is 0 Å². The number of benzene rings is 1. The average Bonchev–Trinajstić information content (AvgIpc) is 2.35. The molecule has 0 fully saturated rings. The predicted octanol–water partition coefficient (Wildman–Crippen LogP) is 3.16. The minimum Gasteiger partial charge on any atom is -0.479 e. The third-order valence-corrected chi connectivity index (χ3v) is 3.37. The quantitative estimate of drug-likeness (QED) is 0.929. The normalized spacial score (nSPS) is 14.2. The summed E-state index contributed by atoms with van der Waals surface area (Å²) in [5, 5.41) is 9.62. The Labute approximate surface area is 125 Å². The van der Waals surface area contributed by atoms with Crippen molar-refractivity contribution in [3.8, 4) is 0 Å². The zero-order chi connectivity index (χ0) is 16.4. The van der Waals surface area contributed by atoms with Gasteiger partial charge in [-0.3, -0.25) is 4.90 Å². The summed E-state index contributed by atoms with van der Waals surface area (Å²) < 4.78 is 5.26. The highest BCUT2D eigenvalue weighted by atomic mass is 16.6. The molecule has 0 aliphatic heterocycles. The third kappa shape index (κ3) is 3.74. The van der Waals surface area contributed by atoms with Crippen LogP contribution in [0.1, 0.15) is 38.8 Å². The molecule has 1 aromatic rings. The van der Waals surface area contributed by atoms with Crippen LogP contribution < -0.4 is 0 Å². The van der Waals surface area contributed by atoms with Gasteiger partial charge in [-0.05, 0) is 40.2 Å². The maximum atomic E-state index is 12.2. The number of aliphatic carboxylic acids is 1. The minimum absolute atomic E-state index is 0.522. The molecule has 1 unspecified atom stereocenters. The van der Waals surface area contributed by atoms with E-state index in [0.29, 0.717) is 5.56 Å². The van der Waals surface area contributed by atoms with Crippen LogP contribution in [0.4, 0.5) is 4.79 Å². The minimum atomic E-state index is -1.49. The van der Waals surface area contributed by atoms with Crippen LogP contribution in [0.3, 0.4) is 0 Å². The molecular weight excluding hydrogens is 270 g/mol. The van der Waals surface area contributed by atoms with Crippen LogP contribution in [0.2, 0.25) is 0 Å². The largest absolute Gasteiger partial charge is 0.479 e. The number of aryl methyl sites for hydroxylation is 1. The van der Waals surface area contributed by atoms with Gasteiger partial charge in [0.25, 0.3) is 0 Å². The van der Waals surface area contributed by atoms with Gasteiger partial charge in [0.2, 0.25) is 0 Å². The van der Waals surface area contributed by atoms with E-state index in [9.17, 15) is 14.7 Å². The average molecular weight is 293 g/mol. The first kappa shape index (κ1) is 17.0. The van der Waals surface area contributed by atoms with E-state index in [0.717, 1.165) is 10.5 Å². The molecule has 5 heteroatoms. The van der Waals surface area contributed by atoms with Gasteiger partial charge in [0, 0.05) is 7.05 Å². The molecule has 5 nitrogen and oxygen atoms in total. The van der Waals surface area contributed by atoms with Gasteiger partial charge in [-0.2, -0.15) is 0 Å². The Morgan fingerprint density at radius 2 is 1.57 bits per heavy atom. The number of amides is 1. The molecule has 1 atom stereocenters. The number of hydrogen-bond donors (Lipinski definition) is 1. The summed E-state index contributed by atoms with van der Waals surface area (Å²) in [5.74, 6) is -1.11. The van der Waals surface area contributed by atoms with Crippen molar-refractivity contribution in [3.63, 3.8) is 0 Å². The number of ether oxygens (including phenoxy) is 1. The monoisotopic (exact) mass is 293 g/mol. The Morgan fingerprint density at radius 3 is 1.95 bits per heavy atom. The van der Waals surface area contributed by atoms with Gasteiger partial charge in [0.15, 0.2) is 5.54 Å². The topological polar surface area (TPSA) is 66.8 Å². The maximum Gasteiger partial charge on any atom is 0.411 e. The number of hydrogen-bond acceptors (Lipinski definition) is 3. The Hall–Kier alpha value is -2.04. The van der Waals surface area contributed by atoms with E-state index < -0.39 is 23.2 Å². The smallest absolute Gasteiger partial charge is 0.411 e. The number of carbonyl (C=O) groups is 2. The van der Waals surface area contributed by atoms with Gasteiger partial charge >= 0.3 is 12.1 Å². The molecule has 1 aromatic carbocycles. The van der Waals surface area contributed by atoms with E-state index in [1.165, 1.54) is 14.0 Å². The second-order valence-electron chi connectivity index (χ2n) is 6.28. The summed E-state index contributed by atoms with van der Waals surface area (Å²) >= 11 is 0. The van der Waals surface area contributed by atoms with Crippen molar-refractivity contribution in [2.75, 3.05) is 7.05 Å². The summed E-state index contributed by atoms with van der Waals surface area (Å²) in [6.45, 7) is 8.62. The van der Waals surface area contributed by atoms with Crippen LogP contribution in [0.25, 0.3) is 0 Å². The van der Waals surface area contributed by atoms with E-state index in [4.69, 9.17) is 4.74 Å². The fraction of sp³-hybridized carbons (Fsp3) is 0.500. The van der Waals surface area contributed by atoms with Gasteiger partial charge in [0.1, 0.15) is 5.60 Å². The number of carbonyl (C=O) groups excluding carboxylic acids is 1. The molecule has 21 heavy (non-hydrogen) atoms. The van der Waals surface area contributed by atoms with Crippen molar-refractivity contribution >= 4 is 12.1 Å². The van der Waals surface area contributed by atoms with E-state index in [1.807, 2.05) is 19.1 Å². The lowest BCUT2D eigenvalue weighted by Gasteiger charge is -2.36. The SMILES string of the molecule is Cc1ccc(C(C)(C(=O)O)N(C)C(=O)OC(C)(C)C)cc1. The molecule has 1 rings (SSSR count). The second-order valence-corrected chi connectivity index (χ2v) is 6.28. The van der Waals surface area contributed by atoms with Crippen molar-refractivity contribution in [2.24, 2.45) is 0 Å². The molecule has 0 aliphatic rings. The Balaban J connectivity index is 3.19. The van der Waals surface area contributed by atoms with Crippen molar-refractivity contribution in [3.05, 3.63) is 35.4 Å². The van der Waals surface area contributed by atoms with E-state index >= 15 is 0 Å². The molecule has 116 valence electrons. The van der Waals surface area contributed by atoms with Gasteiger partial charge in [-0.15, -0.1) is 0 Å². The summed E-state index contributed by atoms with van der Waals surface area (Å²) in [6, 6.07) is 7.06. The lowest BCUT2D eigenvalue weighted by Crippen LogP contribution is -2.51. The number of rotatable bonds is 3. The van der Waals surface area contributed by atoms with E-state index in [-0.39, 0.29) is 0 Å². The van der Waals surface area contributed by atoms with Crippen molar-refractivity contribution in [1.29, 1.82) is 0 Å². The summed E-state index contributed by atoms with van der Waals surface area (Å²) in [6.07, 6.45) is -0.673. The highest BCUT2D eigenvalue weighted by molar-refractivity contribution is 5.85. The number of nitrogens with zero attached hydrogens (tertiary/aromatic N) is 1. The Morgan fingerprint density at radius 1 is 1.10 bits per heavy atom. The van der Waals surface area contributed by atoms with Crippen molar-refractivity contribution < 1.29 is 19.4 Å². The van der Waals surface area contributed by atoms with Gasteiger partial charge in [-0.25, -0.2) is 9.59 Å². The number of likely N-dealkylation sites (N-methyl/N-ethyl adjacent to an activating group) is 1. The lowest BCUT2D eigenvalue weighted by molar-refractivity contribution is -0.150. The standard InChI is InChI=1S/C16H23NO4/c1-11-7-9-12(10-8-11)16(5,13(18)19)17(6)14(20)21-15(2,3)4/h7-10H,1-6H3,(H,18,19). The molecule has 1 N–H and O–H groups in total. The zero-order valence-electron chi connectivity index (χ0n) is 13.4. The summed E-state index contributed by atoms with van der Waals surface area (Å²) in [5.41, 5.74) is -0.631. The molecule has 0 spiro atoms. The number of carboxylic acid groups (broad SMARTS) is 1. The zero-order valence-corrected chi connectivity index (χ0v) is 13.4. The summed E-state index contributed by atoms with van der Waals surface area (Å²) in [4.78, 5) is 25.1. The van der Waals surface area contributed by atoms with Gasteiger partial charge in [-0.1, -0.05) is 29.8 Å². The molecule has 0 saturated carbocycles. The predicted molar refractivity (Wildman–Crippen MR) is 80.2 cm³/mol. The molecule has 0 heterocycles. The first-order valence-corrected chi connectivity index (χ1v) is 6.76. The molecule has 0 bridgehead atoms.